The molecule has 3 N–H and O–H groups in total. The first-order chi connectivity index (χ1) is 14.9. The summed E-state index contributed by atoms with van der Waals surface area (Å²) in [7, 11) is 0. The Morgan fingerprint density at radius 3 is 2.74 bits per heavy atom. The van der Waals surface area contributed by atoms with Crippen LogP contribution in [0.2, 0.25) is 0 Å². The van der Waals surface area contributed by atoms with E-state index in [-0.39, 0.29) is 18.1 Å². The van der Waals surface area contributed by atoms with E-state index in [1.165, 1.54) is 39.8 Å². The molecule has 0 radical (unpaired) electrons. The molecular formula is C19H19N5O4S3. The van der Waals surface area contributed by atoms with Crippen LogP contribution in [0, 0.1) is 6.92 Å². The Balaban J connectivity index is 1.38. The van der Waals surface area contributed by atoms with Gasteiger partial charge in [0.05, 0.1) is 6.54 Å². The summed E-state index contributed by atoms with van der Waals surface area (Å²) < 4.78 is 0.757. The molecule has 2 aromatic rings. The standard InChI is InChI=1S/C19H19N5O4S3/c1-10-22-23-19(31-10)30-9-11-8-29-17-14(16(26)24(17)15(11)18(27)28)21-13(25)7-20-12-5-3-2-4-6-12/h2-6,14,17,20H,7-9H2,1H3,(H,21,25)(H,27,28)/t14?,17-/m0/s1. The zero-order valence-corrected chi connectivity index (χ0v) is 18.9. The van der Waals surface area contributed by atoms with Gasteiger partial charge in [-0.15, -0.1) is 22.0 Å². The maximum Gasteiger partial charge on any atom is 0.352 e. The zero-order chi connectivity index (χ0) is 22.0. The monoisotopic (exact) mass is 477 g/mol. The van der Waals surface area contributed by atoms with E-state index in [0.29, 0.717) is 17.1 Å². The van der Waals surface area contributed by atoms with E-state index in [0.717, 1.165) is 15.0 Å². The van der Waals surface area contributed by atoms with Crippen molar-refractivity contribution in [3.63, 3.8) is 0 Å². The van der Waals surface area contributed by atoms with Crippen molar-refractivity contribution in [1.82, 2.24) is 20.4 Å². The Labute approximate surface area is 190 Å². The molecule has 2 aliphatic rings. The number of nitrogens with one attached hydrogen (secondary N) is 2. The summed E-state index contributed by atoms with van der Waals surface area (Å²) in [4.78, 5) is 38.2. The molecule has 1 aromatic heterocycles. The summed E-state index contributed by atoms with van der Waals surface area (Å²) in [5.74, 6) is -0.987. The lowest BCUT2D eigenvalue weighted by Crippen LogP contribution is -2.71. The number of carbonyl (C=O) groups is 3. The fraction of sp³-hybridized carbons (Fsp3) is 0.316. The van der Waals surface area contributed by atoms with Crippen molar-refractivity contribution >= 4 is 58.3 Å². The molecule has 3 heterocycles. The van der Waals surface area contributed by atoms with Gasteiger partial charge >= 0.3 is 5.97 Å². The predicted molar refractivity (Wildman–Crippen MR) is 120 cm³/mol. The van der Waals surface area contributed by atoms with Crippen LogP contribution in [-0.4, -0.2) is 67.5 Å². The fourth-order valence-electron chi connectivity index (χ4n) is 3.24. The molecule has 1 unspecified atom stereocenters. The van der Waals surface area contributed by atoms with Crippen molar-refractivity contribution in [2.45, 2.75) is 22.7 Å². The van der Waals surface area contributed by atoms with Gasteiger partial charge in [-0.3, -0.25) is 14.5 Å². The number of carboxylic acids is 1. The summed E-state index contributed by atoms with van der Waals surface area (Å²) >= 11 is 4.30. The summed E-state index contributed by atoms with van der Waals surface area (Å²) in [6.07, 6.45) is 0. The number of carboxylic acid groups (broad SMARTS) is 1. The van der Waals surface area contributed by atoms with Crippen molar-refractivity contribution < 1.29 is 19.5 Å². The number of aryl methyl sites for hydroxylation is 1. The fourth-order valence-corrected chi connectivity index (χ4v) is 6.54. The third-order valence-corrected chi connectivity index (χ3v) is 8.07. The van der Waals surface area contributed by atoms with Crippen LogP contribution in [0.4, 0.5) is 5.69 Å². The first-order valence-electron chi connectivity index (χ1n) is 9.35. The molecule has 2 atom stereocenters. The van der Waals surface area contributed by atoms with E-state index in [2.05, 4.69) is 20.8 Å². The molecule has 1 fully saturated rings. The minimum atomic E-state index is -1.14. The van der Waals surface area contributed by atoms with Crippen LogP contribution < -0.4 is 10.6 Å². The Kier molecular flexibility index (Phi) is 6.49. The van der Waals surface area contributed by atoms with Crippen LogP contribution in [0.15, 0.2) is 45.9 Å². The van der Waals surface area contributed by atoms with Gasteiger partial charge in [0.1, 0.15) is 22.1 Å². The Morgan fingerprint density at radius 1 is 1.29 bits per heavy atom. The normalized spacial score (nSPS) is 20.2. The summed E-state index contributed by atoms with van der Waals surface area (Å²) in [5.41, 5.74) is 1.47. The summed E-state index contributed by atoms with van der Waals surface area (Å²) in [5, 5.41) is 23.9. The van der Waals surface area contributed by atoms with Crippen LogP contribution in [0.25, 0.3) is 0 Å². The molecule has 9 nitrogen and oxygen atoms in total. The number of thioether (sulfide) groups is 2. The SMILES string of the molecule is Cc1nnc(SCC2=C(C(=O)O)N3C(=O)C(NC(=O)CNc4ccccc4)[C@@H]3SC2)s1. The maximum absolute atomic E-state index is 12.7. The quantitative estimate of drug-likeness (QED) is 0.385. The lowest BCUT2D eigenvalue weighted by atomic mass is 10.0. The van der Waals surface area contributed by atoms with Gasteiger partial charge in [0.25, 0.3) is 5.91 Å². The number of carbonyl (C=O) groups excluding carboxylic acids is 2. The van der Waals surface area contributed by atoms with Crippen LogP contribution in [0.5, 0.6) is 0 Å². The Hall–Kier alpha value is -2.57. The molecular weight excluding hydrogens is 458 g/mol. The van der Waals surface area contributed by atoms with Gasteiger partial charge in [-0.1, -0.05) is 41.3 Å². The van der Waals surface area contributed by atoms with Gasteiger partial charge in [-0.05, 0) is 24.6 Å². The number of β-lactam (4-membered cyclic amide) rings is 1. The van der Waals surface area contributed by atoms with E-state index in [1.54, 1.807) is 0 Å². The van der Waals surface area contributed by atoms with Gasteiger partial charge in [-0.2, -0.15) is 0 Å². The van der Waals surface area contributed by atoms with E-state index in [1.807, 2.05) is 37.3 Å². The third kappa shape index (κ3) is 4.70. The van der Waals surface area contributed by atoms with Gasteiger partial charge < -0.3 is 15.7 Å². The van der Waals surface area contributed by atoms with E-state index in [4.69, 9.17) is 0 Å². The number of aliphatic carboxylic acids is 1. The highest BCUT2D eigenvalue weighted by atomic mass is 32.2. The molecule has 12 heteroatoms. The van der Waals surface area contributed by atoms with Crippen molar-refractivity contribution in [2.24, 2.45) is 0 Å². The molecule has 1 aromatic carbocycles. The van der Waals surface area contributed by atoms with Crippen LogP contribution in [0.3, 0.4) is 0 Å². The van der Waals surface area contributed by atoms with Crippen molar-refractivity contribution in [2.75, 3.05) is 23.4 Å². The number of hydrogen-bond acceptors (Lipinski definition) is 9. The highest BCUT2D eigenvalue weighted by Crippen LogP contribution is 2.41. The molecule has 1 saturated heterocycles. The Bertz CT molecular complexity index is 1040. The first kappa shape index (κ1) is 21.7. The summed E-state index contributed by atoms with van der Waals surface area (Å²) in [6.45, 7) is 1.88. The number of nitrogens with zero attached hydrogens (tertiary/aromatic N) is 3. The van der Waals surface area contributed by atoms with Gasteiger partial charge in [-0.25, -0.2) is 4.79 Å². The second kappa shape index (κ2) is 9.28. The van der Waals surface area contributed by atoms with Crippen molar-refractivity contribution in [3.05, 3.63) is 46.6 Å². The van der Waals surface area contributed by atoms with Gasteiger partial charge in [0.2, 0.25) is 5.91 Å². The minimum Gasteiger partial charge on any atom is -0.477 e. The van der Waals surface area contributed by atoms with Crippen molar-refractivity contribution in [1.29, 1.82) is 0 Å². The van der Waals surface area contributed by atoms with Crippen LogP contribution in [-0.2, 0) is 14.4 Å². The van der Waals surface area contributed by atoms with E-state index < -0.39 is 23.3 Å². The molecule has 162 valence electrons. The number of fused-ring (bicyclic) bond motifs is 1. The molecule has 2 aliphatic heterocycles. The molecule has 2 amide bonds. The topological polar surface area (TPSA) is 125 Å². The molecule has 0 aliphatic carbocycles. The largest absolute Gasteiger partial charge is 0.477 e. The minimum absolute atomic E-state index is 0.00963. The highest BCUT2D eigenvalue weighted by Gasteiger charge is 2.54. The predicted octanol–water partition coefficient (Wildman–Crippen LogP) is 1.79. The molecule has 0 bridgehead atoms. The maximum atomic E-state index is 12.7. The van der Waals surface area contributed by atoms with Gasteiger partial charge in [0.15, 0.2) is 4.34 Å². The number of amides is 2. The second-order valence-electron chi connectivity index (χ2n) is 6.81. The lowest BCUT2D eigenvalue weighted by molar-refractivity contribution is -0.150. The number of rotatable bonds is 8. The molecule has 4 rings (SSSR count). The van der Waals surface area contributed by atoms with E-state index >= 15 is 0 Å². The third-order valence-electron chi connectivity index (χ3n) is 4.67. The second-order valence-corrected chi connectivity index (χ2v) is 10.3. The first-order valence-corrected chi connectivity index (χ1v) is 12.2. The number of aromatic nitrogens is 2. The molecule has 0 saturated carbocycles. The number of anilines is 1. The average molecular weight is 478 g/mol. The molecule has 0 spiro atoms. The zero-order valence-electron chi connectivity index (χ0n) is 16.4. The van der Waals surface area contributed by atoms with Gasteiger partial charge in [0, 0.05) is 17.2 Å². The van der Waals surface area contributed by atoms with Crippen LogP contribution >= 0.6 is 34.9 Å². The smallest absolute Gasteiger partial charge is 0.352 e. The van der Waals surface area contributed by atoms with Crippen molar-refractivity contribution in [3.8, 4) is 0 Å². The van der Waals surface area contributed by atoms with E-state index in [9.17, 15) is 19.5 Å². The number of benzene rings is 1. The van der Waals surface area contributed by atoms with Crippen LogP contribution in [0.1, 0.15) is 5.01 Å². The number of para-hydroxylation sites is 1. The summed E-state index contributed by atoms with van der Waals surface area (Å²) in [6, 6.07) is 8.54. The lowest BCUT2D eigenvalue weighted by Gasteiger charge is -2.49. The Morgan fingerprint density at radius 2 is 2.06 bits per heavy atom. The average Bonchev–Trinajstić information content (AvgIpc) is 3.19. The highest BCUT2D eigenvalue weighted by molar-refractivity contribution is 8.01. The molecule has 31 heavy (non-hydrogen) atoms. The number of hydrogen-bond donors (Lipinski definition) is 3.